The maximum Gasteiger partial charge on any atom is 0.243 e. The van der Waals surface area contributed by atoms with E-state index < -0.39 is 15.9 Å². The molecule has 0 heterocycles. The first-order chi connectivity index (χ1) is 12.7. The second-order valence-corrected chi connectivity index (χ2v) is 8.76. The molecular formula is C18H17Cl3N2O3S. The van der Waals surface area contributed by atoms with Gasteiger partial charge in [0.1, 0.15) is 0 Å². The molecule has 2 aromatic carbocycles. The van der Waals surface area contributed by atoms with Crippen LogP contribution in [0.5, 0.6) is 0 Å². The molecule has 0 aliphatic carbocycles. The largest absolute Gasteiger partial charge is 0.351 e. The first kappa shape index (κ1) is 21.7. The fourth-order valence-electron chi connectivity index (χ4n) is 2.23. The monoisotopic (exact) mass is 446 g/mol. The molecule has 9 heteroatoms. The Kier molecular flexibility index (Phi) is 7.70. The van der Waals surface area contributed by atoms with Gasteiger partial charge in [-0.1, -0.05) is 46.9 Å². The van der Waals surface area contributed by atoms with Crippen molar-refractivity contribution < 1.29 is 13.2 Å². The number of nitrogens with one attached hydrogen (secondary N) is 1. The number of hydrogen-bond donors (Lipinski definition) is 1. The van der Waals surface area contributed by atoms with Crippen molar-refractivity contribution >= 4 is 50.7 Å². The topological polar surface area (TPSA) is 66.5 Å². The molecule has 0 aliphatic rings. The van der Waals surface area contributed by atoms with Gasteiger partial charge >= 0.3 is 0 Å². The Balaban J connectivity index is 2.35. The average Bonchev–Trinajstić information content (AvgIpc) is 2.62. The molecule has 0 spiro atoms. The summed E-state index contributed by atoms with van der Waals surface area (Å²) in [7, 11) is -3.95. The Morgan fingerprint density at radius 1 is 1.07 bits per heavy atom. The molecule has 1 amide bonds. The summed E-state index contributed by atoms with van der Waals surface area (Å²) in [5.74, 6) is -0.451. The van der Waals surface area contributed by atoms with E-state index in [9.17, 15) is 13.2 Å². The van der Waals surface area contributed by atoms with E-state index in [1.807, 2.05) is 0 Å². The number of hydrogen-bond acceptors (Lipinski definition) is 3. The molecule has 0 aliphatic heterocycles. The van der Waals surface area contributed by atoms with Crippen molar-refractivity contribution in [1.29, 1.82) is 0 Å². The third kappa shape index (κ3) is 5.96. The molecule has 2 rings (SSSR count). The number of benzene rings is 2. The summed E-state index contributed by atoms with van der Waals surface area (Å²) >= 11 is 17.8. The van der Waals surface area contributed by atoms with Gasteiger partial charge in [0, 0.05) is 18.1 Å². The van der Waals surface area contributed by atoms with Crippen molar-refractivity contribution in [2.45, 2.75) is 11.4 Å². The van der Waals surface area contributed by atoms with Crippen LogP contribution in [0.1, 0.15) is 5.56 Å². The van der Waals surface area contributed by atoms with Crippen LogP contribution in [0.25, 0.3) is 0 Å². The zero-order valence-electron chi connectivity index (χ0n) is 14.2. The molecule has 0 fully saturated rings. The fraction of sp³-hybridized carbons (Fsp3) is 0.167. The highest BCUT2D eigenvalue weighted by Crippen LogP contribution is 2.25. The minimum atomic E-state index is -3.95. The molecule has 0 atom stereocenters. The molecule has 1 N–H and O–H groups in total. The smallest absolute Gasteiger partial charge is 0.243 e. The van der Waals surface area contributed by atoms with E-state index in [0.717, 1.165) is 4.31 Å². The van der Waals surface area contributed by atoms with Crippen LogP contribution >= 0.6 is 34.8 Å². The van der Waals surface area contributed by atoms with Gasteiger partial charge in [-0.25, -0.2) is 8.42 Å². The molecule has 0 unspecified atom stereocenters. The van der Waals surface area contributed by atoms with Crippen molar-refractivity contribution in [3.05, 3.63) is 75.8 Å². The van der Waals surface area contributed by atoms with Crippen molar-refractivity contribution in [3.8, 4) is 0 Å². The quantitative estimate of drug-likeness (QED) is 0.619. The maximum absolute atomic E-state index is 13.0. The van der Waals surface area contributed by atoms with Crippen LogP contribution in [0.2, 0.25) is 15.1 Å². The highest BCUT2D eigenvalue weighted by Gasteiger charge is 2.27. The summed E-state index contributed by atoms with van der Waals surface area (Å²) in [4.78, 5) is 12.2. The van der Waals surface area contributed by atoms with Gasteiger partial charge in [0.25, 0.3) is 0 Å². The third-order valence-electron chi connectivity index (χ3n) is 3.56. The predicted octanol–water partition coefficient (Wildman–Crippen LogP) is 4.14. The molecule has 2 aromatic rings. The van der Waals surface area contributed by atoms with Gasteiger partial charge < -0.3 is 5.32 Å². The molecule has 144 valence electrons. The van der Waals surface area contributed by atoms with Gasteiger partial charge in [-0.2, -0.15) is 4.31 Å². The average molecular weight is 448 g/mol. The summed E-state index contributed by atoms with van der Waals surface area (Å²) in [5.41, 5.74) is 0.596. The Morgan fingerprint density at radius 3 is 2.33 bits per heavy atom. The second-order valence-electron chi connectivity index (χ2n) is 5.57. The van der Waals surface area contributed by atoms with Crippen LogP contribution in [-0.4, -0.2) is 31.7 Å². The summed E-state index contributed by atoms with van der Waals surface area (Å²) < 4.78 is 27.1. The van der Waals surface area contributed by atoms with Crippen LogP contribution in [0.3, 0.4) is 0 Å². The number of sulfonamides is 1. The number of carbonyl (C=O) groups excluding carboxylic acids is 1. The van der Waals surface area contributed by atoms with Gasteiger partial charge in [-0.05, 0) is 42.0 Å². The van der Waals surface area contributed by atoms with E-state index in [1.54, 1.807) is 18.2 Å². The second kappa shape index (κ2) is 9.57. The normalized spacial score (nSPS) is 11.4. The van der Waals surface area contributed by atoms with Crippen LogP contribution in [0, 0.1) is 0 Å². The van der Waals surface area contributed by atoms with E-state index in [2.05, 4.69) is 11.9 Å². The fourth-order valence-corrected chi connectivity index (χ4v) is 4.06. The van der Waals surface area contributed by atoms with Crippen LogP contribution < -0.4 is 5.32 Å². The molecule has 0 aromatic heterocycles. The minimum absolute atomic E-state index is 0.0310. The van der Waals surface area contributed by atoms with E-state index in [1.165, 1.54) is 30.3 Å². The molecule has 5 nitrogen and oxygen atoms in total. The van der Waals surface area contributed by atoms with E-state index in [-0.39, 0.29) is 24.5 Å². The third-order valence-corrected chi connectivity index (χ3v) is 6.35. The first-order valence-corrected chi connectivity index (χ1v) is 10.4. The lowest BCUT2D eigenvalue weighted by atomic mass is 10.2. The van der Waals surface area contributed by atoms with E-state index in [4.69, 9.17) is 34.8 Å². The number of nitrogens with zero attached hydrogens (tertiary/aromatic N) is 1. The Labute approximate surface area is 173 Å². The highest BCUT2D eigenvalue weighted by atomic mass is 35.5. The summed E-state index contributed by atoms with van der Waals surface area (Å²) in [5, 5.41) is 3.64. The Morgan fingerprint density at radius 2 is 1.74 bits per heavy atom. The molecule has 0 saturated heterocycles. The van der Waals surface area contributed by atoms with Crippen LogP contribution in [0.15, 0.2) is 60.0 Å². The summed E-state index contributed by atoms with van der Waals surface area (Å²) in [6.07, 6.45) is 1.51. The van der Waals surface area contributed by atoms with Crippen molar-refractivity contribution in [2.24, 2.45) is 0 Å². The molecule has 27 heavy (non-hydrogen) atoms. The zero-order valence-corrected chi connectivity index (χ0v) is 17.2. The van der Waals surface area contributed by atoms with E-state index in [0.29, 0.717) is 20.6 Å². The number of halogens is 3. The summed E-state index contributed by atoms with van der Waals surface area (Å²) in [6, 6.07) is 10.5. The predicted molar refractivity (Wildman–Crippen MR) is 109 cm³/mol. The first-order valence-electron chi connectivity index (χ1n) is 7.81. The van der Waals surface area contributed by atoms with E-state index >= 15 is 0 Å². The lowest BCUT2D eigenvalue weighted by molar-refractivity contribution is -0.121. The number of rotatable bonds is 8. The number of carbonyl (C=O) groups is 1. The number of amides is 1. The van der Waals surface area contributed by atoms with Crippen LogP contribution in [-0.2, 0) is 21.4 Å². The zero-order chi connectivity index (χ0) is 20.0. The van der Waals surface area contributed by atoms with Crippen molar-refractivity contribution in [2.75, 3.05) is 13.1 Å². The molecular weight excluding hydrogens is 431 g/mol. The Bertz CT molecular complexity index is 931. The molecule has 0 saturated carbocycles. The standard InChI is InChI=1S/C18H17Cl3N2O3S/c1-2-9-22-18(24)12-23(11-13-3-8-16(20)17(21)10-13)27(25,26)15-6-4-14(19)5-7-15/h2-8,10H,1,9,11-12H2,(H,22,24). The highest BCUT2D eigenvalue weighted by molar-refractivity contribution is 7.89. The van der Waals surface area contributed by atoms with Gasteiger partial charge in [-0.3, -0.25) is 4.79 Å². The van der Waals surface area contributed by atoms with Gasteiger partial charge in [-0.15, -0.1) is 6.58 Å². The Hall–Kier alpha value is -1.57. The van der Waals surface area contributed by atoms with Crippen LogP contribution in [0.4, 0.5) is 0 Å². The van der Waals surface area contributed by atoms with Gasteiger partial charge in [0.05, 0.1) is 21.5 Å². The lowest BCUT2D eigenvalue weighted by Gasteiger charge is -2.22. The van der Waals surface area contributed by atoms with Gasteiger partial charge in [0.2, 0.25) is 15.9 Å². The van der Waals surface area contributed by atoms with Crippen molar-refractivity contribution in [1.82, 2.24) is 9.62 Å². The summed E-state index contributed by atoms with van der Waals surface area (Å²) in [6.45, 7) is 3.34. The molecule has 0 bridgehead atoms. The molecule has 0 radical (unpaired) electrons. The maximum atomic E-state index is 13.0. The van der Waals surface area contributed by atoms with Gasteiger partial charge in [0.15, 0.2) is 0 Å². The minimum Gasteiger partial charge on any atom is -0.351 e. The SMILES string of the molecule is C=CCNC(=O)CN(Cc1ccc(Cl)c(Cl)c1)S(=O)(=O)c1ccc(Cl)cc1. The van der Waals surface area contributed by atoms with Crippen molar-refractivity contribution in [3.63, 3.8) is 0 Å². The lowest BCUT2D eigenvalue weighted by Crippen LogP contribution is -2.40.